The molecule has 0 saturated heterocycles. The number of benzene rings is 1. The zero-order valence-electron chi connectivity index (χ0n) is 9.47. The largest absolute Gasteiger partial charge is 0.324 e. The maximum absolute atomic E-state index is 11.5. The van der Waals surface area contributed by atoms with Crippen molar-refractivity contribution in [1.29, 1.82) is 0 Å². The summed E-state index contributed by atoms with van der Waals surface area (Å²) in [7, 11) is -2.03. The van der Waals surface area contributed by atoms with Crippen molar-refractivity contribution in [3.05, 3.63) is 29.3 Å². The monoisotopic (exact) mass is 276 g/mol. The number of nitrogens with zero attached hydrogens (tertiary/aromatic N) is 1. The van der Waals surface area contributed by atoms with Gasteiger partial charge in [-0.25, -0.2) is 8.42 Å². The molecule has 0 atom stereocenters. The maximum Gasteiger partial charge on any atom is 0.239 e. The van der Waals surface area contributed by atoms with Gasteiger partial charge in [-0.2, -0.15) is 4.31 Å². The van der Waals surface area contributed by atoms with Crippen molar-refractivity contribution in [2.24, 2.45) is 0 Å². The Bertz CT molecular complexity index is 516. The molecule has 0 aliphatic rings. The van der Waals surface area contributed by atoms with Crippen LogP contribution in [0.3, 0.4) is 0 Å². The predicted octanol–water partition coefficient (Wildman–Crippen LogP) is 1.17. The van der Waals surface area contributed by atoms with E-state index in [2.05, 4.69) is 5.32 Å². The summed E-state index contributed by atoms with van der Waals surface area (Å²) in [5, 5.41) is 2.94. The van der Waals surface area contributed by atoms with Crippen molar-refractivity contribution in [2.45, 2.75) is 0 Å². The first kappa shape index (κ1) is 14.0. The van der Waals surface area contributed by atoms with Gasteiger partial charge in [-0.3, -0.25) is 4.79 Å². The third-order valence-corrected chi connectivity index (χ3v) is 3.67. The number of halogens is 1. The lowest BCUT2D eigenvalue weighted by atomic mass is 10.3. The van der Waals surface area contributed by atoms with Crippen LogP contribution in [0.1, 0.15) is 0 Å². The molecule has 0 radical (unpaired) electrons. The van der Waals surface area contributed by atoms with Crippen LogP contribution >= 0.6 is 11.6 Å². The molecule has 94 valence electrons. The number of likely N-dealkylation sites (N-methyl/N-ethyl adjacent to an activating group) is 1. The van der Waals surface area contributed by atoms with Gasteiger partial charge in [0.25, 0.3) is 0 Å². The minimum Gasteiger partial charge on any atom is -0.324 e. The lowest BCUT2D eigenvalue weighted by molar-refractivity contribution is -0.116. The summed E-state index contributed by atoms with van der Waals surface area (Å²) in [6.07, 6.45) is 1.04. The third-order valence-electron chi connectivity index (χ3n) is 2.08. The zero-order chi connectivity index (χ0) is 13.1. The fourth-order valence-corrected chi connectivity index (χ4v) is 1.61. The van der Waals surface area contributed by atoms with E-state index in [1.54, 1.807) is 24.3 Å². The van der Waals surface area contributed by atoms with Gasteiger partial charge in [0.1, 0.15) is 0 Å². The van der Waals surface area contributed by atoms with E-state index in [0.29, 0.717) is 10.7 Å². The van der Waals surface area contributed by atoms with Crippen molar-refractivity contribution in [3.63, 3.8) is 0 Å². The first-order valence-corrected chi connectivity index (χ1v) is 6.99. The molecular weight excluding hydrogens is 264 g/mol. The summed E-state index contributed by atoms with van der Waals surface area (Å²) in [4.78, 5) is 11.5. The molecule has 0 aromatic heterocycles. The summed E-state index contributed by atoms with van der Waals surface area (Å²) < 4.78 is 23.2. The van der Waals surface area contributed by atoms with Gasteiger partial charge in [0.05, 0.1) is 23.5 Å². The van der Waals surface area contributed by atoms with E-state index in [1.807, 2.05) is 0 Å². The quantitative estimate of drug-likeness (QED) is 0.898. The fourth-order valence-electron chi connectivity index (χ4n) is 1.07. The lowest BCUT2D eigenvalue weighted by Gasteiger charge is -2.14. The molecule has 1 amide bonds. The average molecular weight is 277 g/mol. The van der Waals surface area contributed by atoms with Crippen LogP contribution in [0.5, 0.6) is 0 Å². The molecule has 7 heteroatoms. The first-order valence-electron chi connectivity index (χ1n) is 4.76. The van der Waals surface area contributed by atoms with Crippen LogP contribution in [0, 0.1) is 0 Å². The highest BCUT2D eigenvalue weighted by Gasteiger charge is 2.15. The highest BCUT2D eigenvalue weighted by molar-refractivity contribution is 7.88. The molecule has 0 saturated carbocycles. The average Bonchev–Trinajstić information content (AvgIpc) is 2.20. The molecular formula is C10H13ClN2O3S. The van der Waals surface area contributed by atoms with Crippen LogP contribution in [0.25, 0.3) is 0 Å². The van der Waals surface area contributed by atoms with Crippen LogP contribution in [0.4, 0.5) is 5.69 Å². The van der Waals surface area contributed by atoms with E-state index >= 15 is 0 Å². The maximum atomic E-state index is 11.5. The minimum atomic E-state index is -3.36. The van der Waals surface area contributed by atoms with Gasteiger partial charge in [-0.1, -0.05) is 23.7 Å². The number of sulfonamides is 1. The summed E-state index contributed by atoms with van der Waals surface area (Å²) in [6.45, 7) is -0.246. The Balaban J connectivity index is 2.66. The lowest BCUT2D eigenvalue weighted by Crippen LogP contribution is -2.34. The molecule has 17 heavy (non-hydrogen) atoms. The highest BCUT2D eigenvalue weighted by Crippen LogP contribution is 2.20. The molecule has 1 rings (SSSR count). The van der Waals surface area contributed by atoms with Crippen LogP contribution < -0.4 is 5.32 Å². The van der Waals surface area contributed by atoms with Gasteiger partial charge in [-0.05, 0) is 12.1 Å². The van der Waals surface area contributed by atoms with Crippen molar-refractivity contribution in [2.75, 3.05) is 25.2 Å². The van der Waals surface area contributed by atoms with E-state index in [0.717, 1.165) is 10.6 Å². The topological polar surface area (TPSA) is 66.5 Å². The van der Waals surface area contributed by atoms with Gasteiger partial charge >= 0.3 is 0 Å². The van der Waals surface area contributed by atoms with E-state index in [9.17, 15) is 13.2 Å². The number of anilines is 1. The second kappa shape index (κ2) is 5.48. The van der Waals surface area contributed by atoms with Crippen LogP contribution in [0.2, 0.25) is 5.02 Å². The minimum absolute atomic E-state index is 0.246. The molecule has 1 N–H and O–H groups in total. The number of amides is 1. The van der Waals surface area contributed by atoms with Crippen molar-refractivity contribution >= 4 is 33.2 Å². The molecule has 0 bridgehead atoms. The number of rotatable bonds is 4. The number of carbonyl (C=O) groups excluding carboxylic acids is 1. The number of para-hydroxylation sites is 1. The molecule has 0 spiro atoms. The van der Waals surface area contributed by atoms with Gasteiger partial charge in [0.2, 0.25) is 15.9 Å². The van der Waals surface area contributed by atoms with Gasteiger partial charge in [0.15, 0.2) is 0 Å². The number of nitrogens with one attached hydrogen (secondary N) is 1. The summed E-state index contributed by atoms with van der Waals surface area (Å²) in [5.74, 6) is -0.439. The molecule has 1 aromatic rings. The molecule has 5 nitrogen and oxygen atoms in total. The second-order valence-corrected chi connectivity index (χ2v) is 6.04. The summed E-state index contributed by atoms with van der Waals surface area (Å²) in [5.41, 5.74) is 0.459. The molecule has 0 aliphatic heterocycles. The number of hydrogen-bond acceptors (Lipinski definition) is 3. The standard InChI is InChI=1S/C10H13ClN2O3S/c1-13(17(2,15)16)7-10(14)12-9-6-4-3-5-8(9)11/h3-6H,7H2,1-2H3,(H,12,14). The molecule has 0 fully saturated rings. The van der Waals surface area contributed by atoms with Crippen LogP contribution in [-0.2, 0) is 14.8 Å². The summed E-state index contributed by atoms with van der Waals surface area (Å²) in [6, 6.07) is 6.74. The Morgan fingerprint density at radius 3 is 2.53 bits per heavy atom. The van der Waals surface area contributed by atoms with E-state index in [1.165, 1.54) is 7.05 Å². The Kier molecular flexibility index (Phi) is 4.50. The Hall–Kier alpha value is -1.11. The number of hydrogen-bond donors (Lipinski definition) is 1. The highest BCUT2D eigenvalue weighted by atomic mass is 35.5. The van der Waals surface area contributed by atoms with Crippen molar-refractivity contribution in [1.82, 2.24) is 4.31 Å². The van der Waals surface area contributed by atoms with Crippen LogP contribution in [0.15, 0.2) is 24.3 Å². The summed E-state index contributed by atoms with van der Waals surface area (Å²) >= 11 is 5.85. The molecule has 0 unspecified atom stereocenters. The molecule has 0 aliphatic carbocycles. The Labute approximate surface area is 105 Å². The number of carbonyl (C=O) groups is 1. The van der Waals surface area contributed by atoms with Crippen LogP contribution in [-0.4, -0.2) is 38.5 Å². The van der Waals surface area contributed by atoms with E-state index < -0.39 is 15.9 Å². The predicted molar refractivity (Wildman–Crippen MR) is 67.6 cm³/mol. The van der Waals surface area contributed by atoms with E-state index in [4.69, 9.17) is 11.6 Å². The van der Waals surface area contributed by atoms with Gasteiger partial charge in [0, 0.05) is 7.05 Å². The normalized spacial score (nSPS) is 11.5. The first-order chi connectivity index (χ1) is 7.80. The SMILES string of the molecule is CN(CC(=O)Nc1ccccc1Cl)S(C)(=O)=O. The van der Waals surface area contributed by atoms with Crippen molar-refractivity contribution < 1.29 is 13.2 Å². The van der Waals surface area contributed by atoms with Gasteiger partial charge in [-0.15, -0.1) is 0 Å². The molecule has 1 aromatic carbocycles. The molecule has 0 heterocycles. The van der Waals surface area contributed by atoms with Crippen molar-refractivity contribution in [3.8, 4) is 0 Å². The Morgan fingerprint density at radius 2 is 2.00 bits per heavy atom. The fraction of sp³-hybridized carbons (Fsp3) is 0.300. The third kappa shape index (κ3) is 4.33. The van der Waals surface area contributed by atoms with E-state index in [-0.39, 0.29) is 6.54 Å². The van der Waals surface area contributed by atoms with Gasteiger partial charge < -0.3 is 5.32 Å². The second-order valence-electron chi connectivity index (χ2n) is 3.55. The Morgan fingerprint density at radius 1 is 1.41 bits per heavy atom. The smallest absolute Gasteiger partial charge is 0.239 e. The zero-order valence-corrected chi connectivity index (χ0v) is 11.0.